The van der Waals surface area contributed by atoms with Crippen molar-refractivity contribution >= 4 is 17.6 Å². The molecule has 1 rings (SSSR count). The topological polar surface area (TPSA) is 55.8 Å². The van der Waals surface area contributed by atoms with Crippen molar-refractivity contribution in [3.05, 3.63) is 28.8 Å². The molecule has 0 fully saturated rings. The molecule has 0 aliphatic carbocycles. The summed E-state index contributed by atoms with van der Waals surface area (Å²) in [6.07, 6.45) is -1.41. The van der Waals surface area contributed by atoms with Crippen LogP contribution in [-0.4, -0.2) is 29.9 Å². The van der Waals surface area contributed by atoms with Gasteiger partial charge in [0.2, 0.25) is 0 Å². The minimum atomic E-state index is -0.733. The van der Waals surface area contributed by atoms with Crippen LogP contribution < -0.4 is 4.74 Å². The number of aliphatic hydroxyl groups is 1. The molecule has 0 heterocycles. The summed E-state index contributed by atoms with van der Waals surface area (Å²) in [6.45, 7) is 4.95. The molecule has 0 bridgehead atoms. The molecule has 0 saturated carbocycles. The van der Waals surface area contributed by atoms with Gasteiger partial charge in [-0.15, -0.1) is 0 Å². The molecule has 1 aromatic carbocycles. The lowest BCUT2D eigenvalue weighted by Crippen LogP contribution is -2.28. The molecule has 4 nitrogen and oxygen atoms in total. The number of carbonyl (C=O) groups is 1. The van der Waals surface area contributed by atoms with Crippen molar-refractivity contribution < 1.29 is 19.4 Å². The zero-order chi connectivity index (χ0) is 13.7. The molecule has 0 radical (unpaired) electrons. The van der Waals surface area contributed by atoms with Crippen molar-refractivity contribution in [3.63, 3.8) is 0 Å². The second-order valence-electron chi connectivity index (χ2n) is 4.15. The fraction of sp³-hybridized carbons (Fsp3) is 0.462. The van der Waals surface area contributed by atoms with E-state index in [9.17, 15) is 4.79 Å². The smallest absolute Gasteiger partial charge is 0.347 e. The van der Waals surface area contributed by atoms with Gasteiger partial charge in [-0.05, 0) is 44.5 Å². The van der Waals surface area contributed by atoms with E-state index in [1.807, 2.05) is 6.92 Å². The summed E-state index contributed by atoms with van der Waals surface area (Å²) in [6, 6.07) is 5.15. The Bertz CT molecular complexity index is 417. The molecule has 0 aliphatic rings. The van der Waals surface area contributed by atoms with Crippen molar-refractivity contribution in [2.45, 2.75) is 33.0 Å². The fourth-order valence-corrected chi connectivity index (χ4v) is 1.53. The molecule has 5 heteroatoms. The molecule has 1 aromatic rings. The maximum absolute atomic E-state index is 11.5. The molecule has 2 atom stereocenters. The number of rotatable bonds is 5. The summed E-state index contributed by atoms with van der Waals surface area (Å²) in [5.74, 6) is 0.0751. The molecule has 0 aromatic heterocycles. The van der Waals surface area contributed by atoms with Gasteiger partial charge in [0.1, 0.15) is 12.4 Å². The maximum atomic E-state index is 11.5. The first kappa shape index (κ1) is 14.8. The van der Waals surface area contributed by atoms with Gasteiger partial charge in [0, 0.05) is 5.02 Å². The lowest BCUT2D eigenvalue weighted by Gasteiger charge is -2.16. The van der Waals surface area contributed by atoms with Gasteiger partial charge in [0.25, 0.3) is 0 Å². The van der Waals surface area contributed by atoms with Crippen LogP contribution in [0.25, 0.3) is 0 Å². The number of aliphatic hydroxyl groups excluding tert-OH is 1. The summed E-state index contributed by atoms with van der Waals surface area (Å²) < 4.78 is 10.3. The largest absolute Gasteiger partial charge is 0.479 e. The van der Waals surface area contributed by atoms with Crippen LogP contribution in [0.3, 0.4) is 0 Å². The standard InChI is InChI=1S/C13H17ClO4/c1-8-6-11(14)4-5-12(8)18-10(3)13(16)17-7-9(2)15/h4-6,9-10,15H,7H2,1-3H3/t9?,10-/m1/s1. The molecule has 100 valence electrons. The number of ether oxygens (including phenoxy) is 2. The molecule has 0 aliphatic heterocycles. The molecule has 0 saturated heterocycles. The highest BCUT2D eigenvalue weighted by Gasteiger charge is 2.17. The summed E-state index contributed by atoms with van der Waals surface area (Å²) in [5, 5.41) is 9.63. The van der Waals surface area contributed by atoms with Gasteiger partial charge in [-0.25, -0.2) is 4.79 Å². The zero-order valence-corrected chi connectivity index (χ0v) is 11.4. The third-order valence-corrected chi connectivity index (χ3v) is 2.47. The van der Waals surface area contributed by atoms with Gasteiger partial charge < -0.3 is 14.6 Å². The van der Waals surface area contributed by atoms with Gasteiger partial charge in [0.15, 0.2) is 6.10 Å². The van der Waals surface area contributed by atoms with Crippen LogP contribution in [0, 0.1) is 6.92 Å². The van der Waals surface area contributed by atoms with E-state index < -0.39 is 18.2 Å². The van der Waals surface area contributed by atoms with Crippen LogP contribution in [0.1, 0.15) is 19.4 Å². The first-order valence-electron chi connectivity index (χ1n) is 5.67. The van der Waals surface area contributed by atoms with E-state index in [2.05, 4.69) is 0 Å². The Morgan fingerprint density at radius 3 is 2.67 bits per heavy atom. The van der Waals surface area contributed by atoms with Crippen LogP contribution in [0.5, 0.6) is 5.75 Å². The van der Waals surface area contributed by atoms with Crippen LogP contribution in [0.15, 0.2) is 18.2 Å². The second-order valence-corrected chi connectivity index (χ2v) is 4.59. The van der Waals surface area contributed by atoms with Crippen molar-refractivity contribution in [3.8, 4) is 5.75 Å². The highest BCUT2D eigenvalue weighted by Crippen LogP contribution is 2.22. The van der Waals surface area contributed by atoms with Crippen LogP contribution in [0.2, 0.25) is 5.02 Å². The normalized spacial score (nSPS) is 13.8. The third kappa shape index (κ3) is 4.55. The van der Waals surface area contributed by atoms with Gasteiger partial charge >= 0.3 is 5.97 Å². The average molecular weight is 273 g/mol. The van der Waals surface area contributed by atoms with Gasteiger partial charge in [-0.2, -0.15) is 0 Å². The van der Waals surface area contributed by atoms with E-state index in [0.29, 0.717) is 10.8 Å². The summed E-state index contributed by atoms with van der Waals surface area (Å²) in [7, 11) is 0. The first-order valence-corrected chi connectivity index (χ1v) is 6.05. The SMILES string of the molecule is Cc1cc(Cl)ccc1O[C@H](C)C(=O)OCC(C)O. The van der Waals surface area contributed by atoms with Gasteiger partial charge in [-0.1, -0.05) is 11.6 Å². The number of esters is 1. The number of aryl methyl sites for hydroxylation is 1. The Kier molecular flexibility index (Phi) is 5.44. The number of halogens is 1. The Morgan fingerprint density at radius 2 is 2.11 bits per heavy atom. The van der Waals surface area contributed by atoms with Crippen molar-refractivity contribution in [2.75, 3.05) is 6.61 Å². The maximum Gasteiger partial charge on any atom is 0.347 e. The zero-order valence-electron chi connectivity index (χ0n) is 10.6. The summed E-state index contributed by atoms with van der Waals surface area (Å²) >= 11 is 5.83. The minimum absolute atomic E-state index is 0.0356. The van der Waals surface area contributed by atoms with Crippen molar-refractivity contribution in [2.24, 2.45) is 0 Å². The Balaban J connectivity index is 2.58. The van der Waals surface area contributed by atoms with Crippen LogP contribution >= 0.6 is 11.6 Å². The van der Waals surface area contributed by atoms with Crippen molar-refractivity contribution in [1.82, 2.24) is 0 Å². The molecule has 18 heavy (non-hydrogen) atoms. The molecule has 0 spiro atoms. The summed E-state index contributed by atoms with van der Waals surface area (Å²) in [5.41, 5.74) is 0.845. The van der Waals surface area contributed by atoms with E-state index in [1.54, 1.807) is 32.0 Å². The molecular weight excluding hydrogens is 256 g/mol. The minimum Gasteiger partial charge on any atom is -0.479 e. The first-order chi connectivity index (χ1) is 8.40. The molecule has 0 amide bonds. The van der Waals surface area contributed by atoms with Gasteiger partial charge in [-0.3, -0.25) is 0 Å². The Hall–Kier alpha value is -1.26. The third-order valence-electron chi connectivity index (χ3n) is 2.24. The lowest BCUT2D eigenvalue weighted by atomic mass is 10.2. The van der Waals surface area contributed by atoms with Crippen LogP contribution in [-0.2, 0) is 9.53 Å². The van der Waals surface area contributed by atoms with E-state index in [1.165, 1.54) is 0 Å². The highest BCUT2D eigenvalue weighted by molar-refractivity contribution is 6.30. The number of carbonyl (C=O) groups excluding carboxylic acids is 1. The Labute approximate surface area is 111 Å². The lowest BCUT2D eigenvalue weighted by molar-refractivity contribution is -0.153. The van der Waals surface area contributed by atoms with Crippen LogP contribution in [0.4, 0.5) is 0 Å². The predicted molar refractivity (Wildman–Crippen MR) is 68.9 cm³/mol. The number of hydrogen-bond acceptors (Lipinski definition) is 4. The highest BCUT2D eigenvalue weighted by atomic mass is 35.5. The summed E-state index contributed by atoms with van der Waals surface area (Å²) in [4.78, 5) is 11.5. The predicted octanol–water partition coefficient (Wildman–Crippen LogP) is 2.34. The quantitative estimate of drug-likeness (QED) is 0.836. The molecular formula is C13H17ClO4. The van der Waals surface area contributed by atoms with E-state index >= 15 is 0 Å². The molecule has 1 N–H and O–H groups in total. The van der Waals surface area contributed by atoms with Crippen molar-refractivity contribution in [1.29, 1.82) is 0 Å². The van der Waals surface area contributed by atoms with Gasteiger partial charge in [0.05, 0.1) is 6.10 Å². The second kappa shape index (κ2) is 6.61. The number of benzene rings is 1. The van der Waals surface area contributed by atoms with E-state index in [4.69, 9.17) is 26.2 Å². The fourth-order valence-electron chi connectivity index (χ4n) is 1.30. The van der Waals surface area contributed by atoms with E-state index in [-0.39, 0.29) is 6.61 Å². The Morgan fingerprint density at radius 1 is 1.44 bits per heavy atom. The monoisotopic (exact) mass is 272 g/mol. The number of hydrogen-bond donors (Lipinski definition) is 1. The van der Waals surface area contributed by atoms with E-state index in [0.717, 1.165) is 5.56 Å². The molecule has 1 unspecified atom stereocenters. The average Bonchev–Trinajstić information content (AvgIpc) is 2.29.